The SMILES string of the molecule is CCCn1nccc1NC(=O)CN1CCOC(c2nncn2C)C1. The quantitative estimate of drug-likeness (QED) is 0.825. The summed E-state index contributed by atoms with van der Waals surface area (Å²) < 4.78 is 9.41. The Hall–Kier alpha value is -2.26. The van der Waals surface area contributed by atoms with Crippen molar-refractivity contribution < 1.29 is 9.53 Å². The predicted molar refractivity (Wildman–Crippen MR) is 87.3 cm³/mol. The lowest BCUT2D eigenvalue weighted by molar-refractivity contribution is -0.119. The van der Waals surface area contributed by atoms with Gasteiger partial charge in [-0.05, 0) is 6.42 Å². The van der Waals surface area contributed by atoms with Gasteiger partial charge in [0.1, 0.15) is 18.2 Å². The van der Waals surface area contributed by atoms with Gasteiger partial charge in [0.15, 0.2) is 5.82 Å². The van der Waals surface area contributed by atoms with Crippen LogP contribution in [0.25, 0.3) is 0 Å². The summed E-state index contributed by atoms with van der Waals surface area (Å²) in [5, 5.41) is 15.1. The number of rotatable bonds is 6. The van der Waals surface area contributed by atoms with Crippen molar-refractivity contribution in [2.75, 3.05) is 31.6 Å². The summed E-state index contributed by atoms with van der Waals surface area (Å²) >= 11 is 0. The summed E-state index contributed by atoms with van der Waals surface area (Å²) in [6.45, 7) is 5.08. The monoisotopic (exact) mass is 333 g/mol. The number of aryl methyl sites for hydroxylation is 2. The molecule has 3 heterocycles. The standard InChI is InChI=1S/C15H23N7O2/c1-3-6-22-13(4-5-17-22)18-14(23)10-21-7-8-24-12(9-21)15-19-16-11-20(15)2/h4-5,11-12H,3,6-10H2,1-2H3,(H,18,23). The summed E-state index contributed by atoms with van der Waals surface area (Å²) in [6.07, 6.45) is 4.15. The normalized spacial score (nSPS) is 18.7. The molecule has 0 saturated carbocycles. The van der Waals surface area contributed by atoms with E-state index in [0.29, 0.717) is 19.7 Å². The van der Waals surface area contributed by atoms with Gasteiger partial charge in [-0.2, -0.15) is 5.10 Å². The van der Waals surface area contributed by atoms with Crippen LogP contribution < -0.4 is 5.32 Å². The molecule has 24 heavy (non-hydrogen) atoms. The fourth-order valence-electron chi connectivity index (χ4n) is 2.80. The van der Waals surface area contributed by atoms with Crippen molar-refractivity contribution in [3.63, 3.8) is 0 Å². The molecule has 1 fully saturated rings. The van der Waals surface area contributed by atoms with E-state index in [9.17, 15) is 4.79 Å². The Morgan fingerprint density at radius 3 is 3.12 bits per heavy atom. The Labute approximate surface area is 140 Å². The molecule has 0 aromatic carbocycles. The topological polar surface area (TPSA) is 90.1 Å². The van der Waals surface area contributed by atoms with Crippen LogP contribution >= 0.6 is 0 Å². The molecule has 1 unspecified atom stereocenters. The second kappa shape index (κ2) is 7.54. The minimum absolute atomic E-state index is 0.0496. The number of nitrogens with zero attached hydrogens (tertiary/aromatic N) is 6. The van der Waals surface area contributed by atoms with Gasteiger partial charge >= 0.3 is 0 Å². The summed E-state index contributed by atoms with van der Waals surface area (Å²) in [7, 11) is 1.89. The molecule has 1 aliphatic rings. The number of carbonyl (C=O) groups excluding carboxylic acids is 1. The number of morpholine rings is 1. The van der Waals surface area contributed by atoms with E-state index < -0.39 is 0 Å². The van der Waals surface area contributed by atoms with Gasteiger partial charge in [0.2, 0.25) is 5.91 Å². The molecular weight excluding hydrogens is 310 g/mol. The fraction of sp³-hybridized carbons (Fsp3) is 0.600. The highest BCUT2D eigenvalue weighted by Gasteiger charge is 2.26. The summed E-state index contributed by atoms with van der Waals surface area (Å²) in [5.74, 6) is 1.47. The highest BCUT2D eigenvalue weighted by Crippen LogP contribution is 2.19. The van der Waals surface area contributed by atoms with Gasteiger partial charge in [-0.25, -0.2) is 4.68 Å². The molecule has 0 radical (unpaired) electrons. The summed E-state index contributed by atoms with van der Waals surface area (Å²) in [5.41, 5.74) is 0. The Kier molecular flexibility index (Phi) is 5.21. The van der Waals surface area contributed by atoms with E-state index in [-0.39, 0.29) is 12.0 Å². The molecule has 9 nitrogen and oxygen atoms in total. The van der Waals surface area contributed by atoms with Gasteiger partial charge in [0.05, 0.1) is 19.3 Å². The fourth-order valence-corrected chi connectivity index (χ4v) is 2.80. The second-order valence-corrected chi connectivity index (χ2v) is 5.88. The first-order valence-corrected chi connectivity index (χ1v) is 8.17. The van der Waals surface area contributed by atoms with Crippen LogP contribution in [0.3, 0.4) is 0 Å². The van der Waals surface area contributed by atoms with Crippen LogP contribution in [-0.2, 0) is 23.1 Å². The number of aromatic nitrogens is 5. The van der Waals surface area contributed by atoms with E-state index in [4.69, 9.17) is 4.74 Å². The van der Waals surface area contributed by atoms with Gasteiger partial charge in [-0.3, -0.25) is 9.69 Å². The number of carbonyl (C=O) groups is 1. The molecule has 3 rings (SSSR count). The highest BCUT2D eigenvalue weighted by molar-refractivity contribution is 5.91. The zero-order chi connectivity index (χ0) is 16.9. The van der Waals surface area contributed by atoms with Crippen molar-refractivity contribution in [2.45, 2.75) is 26.0 Å². The molecule has 130 valence electrons. The van der Waals surface area contributed by atoms with E-state index >= 15 is 0 Å². The lowest BCUT2D eigenvalue weighted by atomic mass is 10.2. The van der Waals surface area contributed by atoms with Crippen molar-refractivity contribution in [2.24, 2.45) is 7.05 Å². The van der Waals surface area contributed by atoms with Gasteiger partial charge in [0, 0.05) is 32.7 Å². The number of hydrogen-bond donors (Lipinski definition) is 1. The molecule has 0 spiro atoms. The average molecular weight is 333 g/mol. The van der Waals surface area contributed by atoms with Gasteiger partial charge in [-0.15, -0.1) is 10.2 Å². The number of amides is 1. The van der Waals surface area contributed by atoms with Crippen LogP contribution in [-0.4, -0.2) is 61.6 Å². The lowest BCUT2D eigenvalue weighted by Crippen LogP contribution is -2.43. The van der Waals surface area contributed by atoms with E-state index in [2.05, 4.69) is 32.4 Å². The molecule has 1 amide bonds. The first-order chi connectivity index (χ1) is 11.7. The molecule has 1 N–H and O–H groups in total. The largest absolute Gasteiger partial charge is 0.368 e. The van der Waals surface area contributed by atoms with E-state index in [1.54, 1.807) is 17.2 Å². The van der Waals surface area contributed by atoms with Crippen LogP contribution in [0.15, 0.2) is 18.6 Å². The summed E-state index contributed by atoms with van der Waals surface area (Å²) in [4.78, 5) is 14.4. The van der Waals surface area contributed by atoms with Crippen molar-refractivity contribution in [1.82, 2.24) is 29.4 Å². The Bertz CT molecular complexity index is 681. The van der Waals surface area contributed by atoms with Crippen molar-refractivity contribution in [3.8, 4) is 0 Å². The lowest BCUT2D eigenvalue weighted by Gasteiger charge is -2.31. The van der Waals surface area contributed by atoms with Crippen LogP contribution in [0.1, 0.15) is 25.3 Å². The van der Waals surface area contributed by atoms with Gasteiger partial charge < -0.3 is 14.6 Å². The van der Waals surface area contributed by atoms with Crippen molar-refractivity contribution in [3.05, 3.63) is 24.4 Å². The maximum atomic E-state index is 12.3. The smallest absolute Gasteiger partial charge is 0.239 e. The third-order valence-electron chi connectivity index (χ3n) is 3.97. The predicted octanol–water partition coefficient (Wildman–Crippen LogP) is 0.434. The van der Waals surface area contributed by atoms with E-state index in [1.165, 1.54) is 0 Å². The van der Waals surface area contributed by atoms with E-state index in [0.717, 1.165) is 31.2 Å². The van der Waals surface area contributed by atoms with Crippen LogP contribution in [0, 0.1) is 0 Å². The maximum Gasteiger partial charge on any atom is 0.239 e. The molecule has 0 aliphatic carbocycles. The van der Waals surface area contributed by atoms with Crippen LogP contribution in [0.4, 0.5) is 5.82 Å². The third-order valence-corrected chi connectivity index (χ3v) is 3.97. The van der Waals surface area contributed by atoms with Crippen LogP contribution in [0.2, 0.25) is 0 Å². The molecule has 1 atom stereocenters. The molecular formula is C15H23N7O2. The summed E-state index contributed by atoms with van der Waals surface area (Å²) in [6, 6.07) is 1.81. The number of ether oxygens (including phenoxy) is 1. The molecule has 1 saturated heterocycles. The van der Waals surface area contributed by atoms with Crippen LogP contribution in [0.5, 0.6) is 0 Å². The molecule has 0 bridgehead atoms. The molecule has 2 aromatic heterocycles. The number of nitrogens with one attached hydrogen (secondary N) is 1. The molecule has 9 heteroatoms. The first kappa shape index (κ1) is 16.6. The van der Waals surface area contributed by atoms with Gasteiger partial charge in [0.25, 0.3) is 0 Å². The first-order valence-electron chi connectivity index (χ1n) is 8.17. The van der Waals surface area contributed by atoms with Crippen molar-refractivity contribution >= 4 is 11.7 Å². The zero-order valence-electron chi connectivity index (χ0n) is 14.1. The second-order valence-electron chi connectivity index (χ2n) is 5.88. The Morgan fingerprint density at radius 2 is 2.38 bits per heavy atom. The number of anilines is 1. The van der Waals surface area contributed by atoms with Crippen molar-refractivity contribution in [1.29, 1.82) is 0 Å². The minimum Gasteiger partial charge on any atom is -0.368 e. The average Bonchev–Trinajstić information content (AvgIpc) is 3.17. The third kappa shape index (κ3) is 3.80. The molecule has 1 aliphatic heterocycles. The Morgan fingerprint density at radius 1 is 1.50 bits per heavy atom. The Balaban J connectivity index is 1.56. The van der Waals surface area contributed by atoms with E-state index in [1.807, 2.05) is 17.7 Å². The minimum atomic E-state index is -0.162. The highest BCUT2D eigenvalue weighted by atomic mass is 16.5. The van der Waals surface area contributed by atoms with Gasteiger partial charge in [-0.1, -0.05) is 6.92 Å². The molecule has 2 aromatic rings. The number of hydrogen-bond acceptors (Lipinski definition) is 6. The zero-order valence-corrected chi connectivity index (χ0v) is 14.1. The maximum absolute atomic E-state index is 12.3.